The molecule has 4 aromatic heterocycles. The van der Waals surface area contributed by atoms with Crippen LogP contribution < -0.4 is 0 Å². The molecule has 1 aliphatic carbocycles. The summed E-state index contributed by atoms with van der Waals surface area (Å²) in [6.07, 6.45) is 0. The van der Waals surface area contributed by atoms with Crippen molar-refractivity contribution in [2.45, 2.75) is 0 Å². The number of para-hydroxylation sites is 2. The summed E-state index contributed by atoms with van der Waals surface area (Å²) in [5, 5.41) is 11.1. The lowest BCUT2D eigenvalue weighted by molar-refractivity contribution is 1.02. The second-order valence-corrected chi connectivity index (χ2v) is 12.5. The standard InChI is InChI=1S/C42H22N4/c1-2-11-24-23(10-1)20-21-35-37(24)38-40-30(26-13-5-7-18-33(26)45(35)40)22-31-27-14-6-8-19-34(27)46(41(31)38)42-43-32-17-9-16-28-25-12-3-4-15-29(25)39(44-42)36(28)32/h1-22H. The molecule has 46 heavy (non-hydrogen) atoms. The fraction of sp³-hybridized carbons (Fsp3) is 0. The lowest BCUT2D eigenvalue weighted by Crippen LogP contribution is -2.02. The van der Waals surface area contributed by atoms with Crippen molar-refractivity contribution in [3.05, 3.63) is 133 Å². The molecule has 0 atom stereocenters. The predicted molar refractivity (Wildman–Crippen MR) is 190 cm³/mol. The fourth-order valence-electron chi connectivity index (χ4n) is 8.59. The average Bonchev–Trinajstić information content (AvgIpc) is 3.83. The highest BCUT2D eigenvalue weighted by Crippen LogP contribution is 2.49. The number of hydrogen-bond donors (Lipinski definition) is 0. The first-order valence-corrected chi connectivity index (χ1v) is 15.8. The molecule has 0 spiro atoms. The summed E-state index contributed by atoms with van der Waals surface area (Å²) in [6.45, 7) is 0. The molecule has 0 radical (unpaired) electrons. The van der Waals surface area contributed by atoms with Crippen molar-refractivity contribution in [3.63, 3.8) is 0 Å². The van der Waals surface area contributed by atoms with Crippen molar-refractivity contribution in [2.75, 3.05) is 0 Å². The van der Waals surface area contributed by atoms with E-state index in [-0.39, 0.29) is 0 Å². The molecule has 0 bridgehead atoms. The average molecular weight is 583 g/mol. The molecular formula is C42H22N4. The Bertz CT molecular complexity index is 3140. The molecule has 11 aromatic rings. The Hall–Kier alpha value is -6.26. The lowest BCUT2D eigenvalue weighted by Gasteiger charge is -2.11. The van der Waals surface area contributed by atoms with Crippen molar-refractivity contribution in [3.8, 4) is 28.3 Å². The van der Waals surface area contributed by atoms with Crippen LogP contribution in [0.3, 0.4) is 0 Å². The minimum Gasteiger partial charge on any atom is -0.308 e. The zero-order chi connectivity index (χ0) is 29.7. The van der Waals surface area contributed by atoms with Gasteiger partial charge in [-0.15, -0.1) is 0 Å². The summed E-state index contributed by atoms with van der Waals surface area (Å²) in [6, 6.07) is 48.4. The Morgan fingerprint density at radius 3 is 2.00 bits per heavy atom. The monoisotopic (exact) mass is 582 g/mol. The van der Waals surface area contributed by atoms with Crippen molar-refractivity contribution in [1.29, 1.82) is 0 Å². The van der Waals surface area contributed by atoms with Gasteiger partial charge in [0.05, 0.1) is 38.8 Å². The summed E-state index contributed by atoms with van der Waals surface area (Å²) in [5.41, 5.74) is 11.6. The summed E-state index contributed by atoms with van der Waals surface area (Å²) in [5.74, 6) is 0.703. The van der Waals surface area contributed by atoms with E-state index in [4.69, 9.17) is 9.97 Å². The number of rotatable bonds is 1. The molecule has 0 amide bonds. The molecule has 0 saturated carbocycles. The van der Waals surface area contributed by atoms with Crippen LogP contribution in [0.2, 0.25) is 0 Å². The van der Waals surface area contributed by atoms with Gasteiger partial charge in [-0.2, -0.15) is 0 Å². The summed E-state index contributed by atoms with van der Waals surface area (Å²) in [7, 11) is 0. The van der Waals surface area contributed by atoms with Crippen molar-refractivity contribution in [1.82, 2.24) is 18.9 Å². The smallest absolute Gasteiger partial charge is 0.235 e. The summed E-state index contributed by atoms with van der Waals surface area (Å²) in [4.78, 5) is 10.8. The Morgan fingerprint density at radius 2 is 1.11 bits per heavy atom. The molecule has 210 valence electrons. The third-order valence-corrected chi connectivity index (χ3v) is 10.4. The van der Waals surface area contributed by atoms with Gasteiger partial charge in [0.1, 0.15) is 0 Å². The number of aromatic nitrogens is 4. The number of hydrogen-bond acceptors (Lipinski definition) is 2. The fourth-order valence-corrected chi connectivity index (χ4v) is 8.59. The van der Waals surface area contributed by atoms with Crippen molar-refractivity contribution in [2.24, 2.45) is 0 Å². The van der Waals surface area contributed by atoms with Gasteiger partial charge >= 0.3 is 0 Å². The molecule has 1 aliphatic rings. The molecule has 7 aromatic carbocycles. The van der Waals surface area contributed by atoms with Gasteiger partial charge in [0.2, 0.25) is 5.95 Å². The normalized spacial score (nSPS) is 12.8. The zero-order valence-electron chi connectivity index (χ0n) is 24.5. The molecule has 4 nitrogen and oxygen atoms in total. The van der Waals surface area contributed by atoms with Crippen LogP contribution in [0.25, 0.3) is 110 Å². The maximum Gasteiger partial charge on any atom is 0.235 e. The molecule has 4 heteroatoms. The third kappa shape index (κ3) is 2.57. The lowest BCUT2D eigenvalue weighted by atomic mass is 10.00. The van der Waals surface area contributed by atoms with E-state index >= 15 is 0 Å². The van der Waals surface area contributed by atoms with Crippen LogP contribution in [0.1, 0.15) is 0 Å². The maximum absolute atomic E-state index is 5.43. The van der Waals surface area contributed by atoms with E-state index in [1.807, 2.05) is 0 Å². The van der Waals surface area contributed by atoms with E-state index in [0.717, 1.165) is 27.6 Å². The van der Waals surface area contributed by atoms with Crippen LogP contribution in [0.4, 0.5) is 0 Å². The molecule has 0 saturated heterocycles. The van der Waals surface area contributed by atoms with Crippen molar-refractivity contribution >= 4 is 81.6 Å². The highest BCUT2D eigenvalue weighted by Gasteiger charge is 2.28. The Kier molecular flexibility index (Phi) is 3.96. The Balaban J connectivity index is 1.37. The Labute approximate surface area is 261 Å². The van der Waals surface area contributed by atoms with E-state index < -0.39 is 0 Å². The predicted octanol–water partition coefficient (Wildman–Crippen LogP) is 10.7. The minimum absolute atomic E-state index is 0.703. The van der Waals surface area contributed by atoms with Gasteiger partial charge in [0, 0.05) is 43.3 Å². The van der Waals surface area contributed by atoms with E-state index in [0.29, 0.717) is 5.95 Å². The SMILES string of the molecule is c1ccc2c(c1)-c1cccc3nc(-n4c5ccccc5c5cc6c7ccccc7n7c8ccc9ccccc9c8c(c54)c67)nc-2c13. The molecule has 0 N–H and O–H groups in total. The largest absolute Gasteiger partial charge is 0.308 e. The topological polar surface area (TPSA) is 35.1 Å². The maximum atomic E-state index is 5.43. The summed E-state index contributed by atoms with van der Waals surface area (Å²) >= 11 is 0. The highest BCUT2D eigenvalue weighted by molar-refractivity contribution is 6.37. The van der Waals surface area contributed by atoms with Crippen LogP contribution in [-0.2, 0) is 0 Å². The van der Waals surface area contributed by atoms with E-state index in [1.54, 1.807) is 0 Å². The third-order valence-electron chi connectivity index (χ3n) is 10.4. The van der Waals surface area contributed by atoms with E-state index in [2.05, 4.69) is 142 Å². The van der Waals surface area contributed by atoms with Crippen LogP contribution >= 0.6 is 0 Å². The second kappa shape index (κ2) is 7.87. The van der Waals surface area contributed by atoms with Crippen LogP contribution in [0.15, 0.2) is 133 Å². The second-order valence-electron chi connectivity index (χ2n) is 12.5. The van der Waals surface area contributed by atoms with Crippen LogP contribution in [0.5, 0.6) is 0 Å². The zero-order valence-corrected chi connectivity index (χ0v) is 24.5. The molecule has 0 fully saturated rings. The molecule has 0 unspecified atom stereocenters. The summed E-state index contributed by atoms with van der Waals surface area (Å²) < 4.78 is 4.81. The van der Waals surface area contributed by atoms with E-state index in [9.17, 15) is 0 Å². The van der Waals surface area contributed by atoms with Crippen LogP contribution in [0, 0.1) is 0 Å². The first-order chi connectivity index (χ1) is 22.8. The first-order valence-electron chi connectivity index (χ1n) is 15.8. The van der Waals surface area contributed by atoms with Gasteiger partial charge in [0.25, 0.3) is 0 Å². The molecule has 0 aliphatic heterocycles. The number of benzene rings is 7. The van der Waals surface area contributed by atoms with Gasteiger partial charge in [-0.25, -0.2) is 9.97 Å². The first kappa shape index (κ1) is 23.2. The Morgan fingerprint density at radius 1 is 0.413 bits per heavy atom. The van der Waals surface area contributed by atoms with Gasteiger partial charge in [-0.1, -0.05) is 103 Å². The van der Waals surface area contributed by atoms with E-state index in [1.165, 1.54) is 76.3 Å². The van der Waals surface area contributed by atoms with Crippen molar-refractivity contribution < 1.29 is 0 Å². The number of nitrogens with zero attached hydrogens (tertiary/aromatic N) is 4. The number of fused-ring (bicyclic) bond motifs is 15. The molecular weight excluding hydrogens is 560 g/mol. The molecule has 12 rings (SSSR count). The van der Waals surface area contributed by atoms with Gasteiger partial charge in [-0.05, 0) is 52.2 Å². The van der Waals surface area contributed by atoms with Crippen LogP contribution in [-0.4, -0.2) is 18.9 Å². The van der Waals surface area contributed by atoms with Gasteiger partial charge in [0.15, 0.2) is 0 Å². The highest BCUT2D eigenvalue weighted by atomic mass is 15.2. The van der Waals surface area contributed by atoms with Gasteiger partial charge < -0.3 is 4.40 Å². The van der Waals surface area contributed by atoms with Gasteiger partial charge in [-0.3, -0.25) is 4.57 Å². The minimum atomic E-state index is 0.703. The molecule has 4 heterocycles. The quantitative estimate of drug-likeness (QED) is 0.193.